The highest BCUT2D eigenvalue weighted by molar-refractivity contribution is 7.11. The standard InChI is InChI=1S/C24H26N6O2S/c31-22(19-15-30(16-19)21-2-1-9-26-28-21)27-20-5-3-17(4-6-20)14-18-7-11-29(12-8-18)24(32)23-25-10-13-33-23/h1-6,9-10,13,18-19H,7-8,11-12,14-16H2,(H,27,31). The van der Waals surface area contributed by atoms with Gasteiger partial charge < -0.3 is 15.1 Å². The molecule has 5 rings (SSSR count). The van der Waals surface area contributed by atoms with E-state index in [1.54, 1.807) is 12.4 Å². The number of hydrogen-bond donors (Lipinski definition) is 1. The SMILES string of the molecule is O=C(Nc1ccc(CC2CCN(C(=O)c3nccs3)CC2)cc1)C1CN(c2cccnn2)C1. The number of rotatable bonds is 6. The maximum absolute atomic E-state index is 12.5. The Balaban J connectivity index is 1.06. The van der Waals surface area contributed by atoms with Gasteiger partial charge in [0.05, 0.1) is 5.92 Å². The monoisotopic (exact) mass is 462 g/mol. The van der Waals surface area contributed by atoms with Crippen molar-refractivity contribution in [3.8, 4) is 0 Å². The Labute approximate surface area is 196 Å². The van der Waals surface area contributed by atoms with Gasteiger partial charge in [-0.3, -0.25) is 9.59 Å². The highest BCUT2D eigenvalue weighted by Gasteiger charge is 2.33. The number of nitrogens with one attached hydrogen (secondary N) is 1. The molecule has 0 atom stereocenters. The van der Waals surface area contributed by atoms with Crippen molar-refractivity contribution in [2.75, 3.05) is 36.4 Å². The minimum absolute atomic E-state index is 0.0380. The molecule has 3 aromatic rings. The molecule has 2 fully saturated rings. The largest absolute Gasteiger partial charge is 0.353 e. The van der Waals surface area contributed by atoms with Crippen LogP contribution in [0.15, 0.2) is 54.2 Å². The zero-order chi connectivity index (χ0) is 22.6. The van der Waals surface area contributed by atoms with E-state index in [1.165, 1.54) is 16.9 Å². The lowest BCUT2D eigenvalue weighted by Crippen LogP contribution is -2.52. The van der Waals surface area contributed by atoms with E-state index in [0.29, 0.717) is 24.0 Å². The van der Waals surface area contributed by atoms with Gasteiger partial charge in [-0.15, -0.1) is 16.4 Å². The number of aromatic nitrogens is 3. The van der Waals surface area contributed by atoms with E-state index in [2.05, 4.69) is 37.5 Å². The van der Waals surface area contributed by atoms with Gasteiger partial charge in [-0.05, 0) is 55.0 Å². The second-order valence-corrected chi connectivity index (χ2v) is 9.54. The van der Waals surface area contributed by atoms with Gasteiger partial charge in [0.1, 0.15) is 0 Å². The molecule has 9 heteroatoms. The van der Waals surface area contributed by atoms with E-state index in [0.717, 1.165) is 43.9 Å². The van der Waals surface area contributed by atoms with Crippen molar-refractivity contribution < 1.29 is 9.59 Å². The van der Waals surface area contributed by atoms with Crippen LogP contribution in [0.4, 0.5) is 11.5 Å². The minimum Gasteiger partial charge on any atom is -0.353 e. The first kappa shape index (κ1) is 21.5. The summed E-state index contributed by atoms with van der Waals surface area (Å²) < 4.78 is 0. The summed E-state index contributed by atoms with van der Waals surface area (Å²) in [5, 5.41) is 13.4. The lowest BCUT2D eigenvalue weighted by atomic mass is 9.90. The Morgan fingerprint density at radius 3 is 2.52 bits per heavy atom. The fourth-order valence-electron chi connectivity index (χ4n) is 4.40. The lowest BCUT2D eigenvalue weighted by molar-refractivity contribution is -0.120. The number of piperidine rings is 1. The molecule has 0 spiro atoms. The molecule has 0 radical (unpaired) electrons. The highest BCUT2D eigenvalue weighted by atomic mass is 32.1. The van der Waals surface area contributed by atoms with Crippen LogP contribution in [0.2, 0.25) is 0 Å². The van der Waals surface area contributed by atoms with Crippen molar-refractivity contribution >= 4 is 34.7 Å². The molecule has 0 saturated carbocycles. The van der Waals surface area contributed by atoms with Crippen LogP contribution in [0.1, 0.15) is 28.2 Å². The van der Waals surface area contributed by atoms with Gasteiger partial charge in [0.2, 0.25) is 5.91 Å². The third kappa shape index (κ3) is 5.03. The first-order valence-electron chi connectivity index (χ1n) is 11.3. The molecule has 2 amide bonds. The van der Waals surface area contributed by atoms with Crippen LogP contribution in [-0.2, 0) is 11.2 Å². The molecule has 170 valence electrons. The van der Waals surface area contributed by atoms with E-state index < -0.39 is 0 Å². The number of nitrogens with zero attached hydrogens (tertiary/aromatic N) is 5. The molecule has 0 bridgehead atoms. The van der Waals surface area contributed by atoms with Crippen molar-refractivity contribution in [3.63, 3.8) is 0 Å². The zero-order valence-electron chi connectivity index (χ0n) is 18.3. The predicted molar refractivity (Wildman–Crippen MR) is 127 cm³/mol. The Hall–Kier alpha value is -3.33. The van der Waals surface area contributed by atoms with Crippen molar-refractivity contribution in [2.45, 2.75) is 19.3 Å². The van der Waals surface area contributed by atoms with Crippen molar-refractivity contribution in [1.82, 2.24) is 20.1 Å². The molecule has 2 saturated heterocycles. The smallest absolute Gasteiger partial charge is 0.282 e. The van der Waals surface area contributed by atoms with Crippen LogP contribution in [0.25, 0.3) is 0 Å². The molecule has 1 aromatic carbocycles. The number of amides is 2. The summed E-state index contributed by atoms with van der Waals surface area (Å²) in [5.41, 5.74) is 2.08. The van der Waals surface area contributed by atoms with Gasteiger partial charge in [-0.2, -0.15) is 5.10 Å². The second-order valence-electron chi connectivity index (χ2n) is 8.65. The van der Waals surface area contributed by atoms with Crippen LogP contribution in [0.3, 0.4) is 0 Å². The average Bonchev–Trinajstić information content (AvgIpc) is 3.35. The maximum Gasteiger partial charge on any atom is 0.282 e. The highest BCUT2D eigenvalue weighted by Crippen LogP contribution is 2.25. The third-order valence-corrected chi connectivity index (χ3v) is 7.16. The van der Waals surface area contributed by atoms with Gasteiger partial charge in [0, 0.05) is 49.6 Å². The minimum atomic E-state index is -0.0380. The molecule has 1 N–H and O–H groups in total. The topological polar surface area (TPSA) is 91.3 Å². The van der Waals surface area contributed by atoms with E-state index in [1.807, 2.05) is 34.5 Å². The molecule has 8 nitrogen and oxygen atoms in total. The van der Waals surface area contributed by atoms with Gasteiger partial charge in [-0.1, -0.05) is 12.1 Å². The van der Waals surface area contributed by atoms with Crippen LogP contribution < -0.4 is 10.2 Å². The summed E-state index contributed by atoms with van der Waals surface area (Å²) in [6, 6.07) is 11.9. The molecule has 0 aliphatic carbocycles. The van der Waals surface area contributed by atoms with Gasteiger partial charge in [0.15, 0.2) is 10.8 Å². The second kappa shape index (κ2) is 9.66. The molecule has 33 heavy (non-hydrogen) atoms. The fourth-order valence-corrected chi connectivity index (χ4v) is 5.00. The first-order chi connectivity index (χ1) is 16.2. The summed E-state index contributed by atoms with van der Waals surface area (Å²) in [6.45, 7) is 2.88. The summed E-state index contributed by atoms with van der Waals surface area (Å²) in [7, 11) is 0. The zero-order valence-corrected chi connectivity index (χ0v) is 19.1. The number of benzene rings is 1. The predicted octanol–water partition coefficient (Wildman–Crippen LogP) is 3.10. The average molecular weight is 463 g/mol. The van der Waals surface area contributed by atoms with Crippen molar-refractivity contribution in [2.24, 2.45) is 11.8 Å². The van der Waals surface area contributed by atoms with E-state index in [4.69, 9.17) is 0 Å². The molecule has 2 aliphatic heterocycles. The Morgan fingerprint density at radius 2 is 1.85 bits per heavy atom. The van der Waals surface area contributed by atoms with Crippen LogP contribution in [0.5, 0.6) is 0 Å². The number of thiazole rings is 1. The van der Waals surface area contributed by atoms with Gasteiger partial charge in [-0.25, -0.2) is 4.98 Å². The van der Waals surface area contributed by atoms with Gasteiger partial charge in [0.25, 0.3) is 5.91 Å². The van der Waals surface area contributed by atoms with E-state index in [-0.39, 0.29) is 17.7 Å². The van der Waals surface area contributed by atoms with Crippen LogP contribution >= 0.6 is 11.3 Å². The van der Waals surface area contributed by atoms with Crippen molar-refractivity contribution in [3.05, 3.63) is 64.7 Å². The van der Waals surface area contributed by atoms with Crippen molar-refractivity contribution in [1.29, 1.82) is 0 Å². The summed E-state index contributed by atoms with van der Waals surface area (Å²) >= 11 is 1.40. The van der Waals surface area contributed by atoms with Gasteiger partial charge >= 0.3 is 0 Å². The maximum atomic E-state index is 12.5. The fraction of sp³-hybridized carbons (Fsp3) is 0.375. The van der Waals surface area contributed by atoms with Crippen LogP contribution in [-0.4, -0.2) is 58.1 Å². The summed E-state index contributed by atoms with van der Waals surface area (Å²) in [6.07, 6.45) is 6.31. The van der Waals surface area contributed by atoms with E-state index >= 15 is 0 Å². The summed E-state index contributed by atoms with van der Waals surface area (Å²) in [4.78, 5) is 33.1. The molecule has 2 aromatic heterocycles. The number of likely N-dealkylation sites (tertiary alicyclic amines) is 1. The number of carbonyl (C=O) groups is 2. The van der Waals surface area contributed by atoms with E-state index in [9.17, 15) is 9.59 Å². The molecular formula is C24H26N6O2S. The summed E-state index contributed by atoms with van der Waals surface area (Å²) in [5.74, 6) is 1.43. The molecule has 0 unspecified atom stereocenters. The number of carbonyl (C=O) groups excluding carboxylic acids is 2. The molecule has 4 heterocycles. The Morgan fingerprint density at radius 1 is 1.06 bits per heavy atom. The quantitative estimate of drug-likeness (QED) is 0.605. The number of anilines is 2. The van der Waals surface area contributed by atoms with Crippen LogP contribution in [0, 0.1) is 11.8 Å². The Bertz CT molecular complexity index is 1080. The Kier molecular flexibility index (Phi) is 6.30. The third-order valence-electron chi connectivity index (χ3n) is 6.40. The lowest BCUT2D eigenvalue weighted by Gasteiger charge is -2.38. The first-order valence-corrected chi connectivity index (χ1v) is 12.1. The normalized spacial score (nSPS) is 17.0. The molecule has 2 aliphatic rings. The molecular weight excluding hydrogens is 436 g/mol. The number of hydrogen-bond acceptors (Lipinski definition) is 7.